The van der Waals surface area contributed by atoms with E-state index in [9.17, 15) is 0 Å². The van der Waals surface area contributed by atoms with Crippen LogP contribution in [0.5, 0.6) is 0 Å². The first-order valence-electron chi connectivity index (χ1n) is 6.40. The lowest BCUT2D eigenvalue weighted by molar-refractivity contribution is 0.192. The van der Waals surface area contributed by atoms with Gasteiger partial charge >= 0.3 is 0 Å². The smallest absolute Gasteiger partial charge is 0.183 e. The summed E-state index contributed by atoms with van der Waals surface area (Å²) in [4.78, 5) is 4.63. The van der Waals surface area contributed by atoms with Crippen molar-refractivity contribution in [2.24, 2.45) is 0 Å². The average Bonchev–Trinajstić information content (AvgIpc) is 2.78. The first-order valence-corrected chi connectivity index (χ1v) is 7.22. The molecule has 0 saturated heterocycles. The van der Waals surface area contributed by atoms with Crippen LogP contribution in [0.4, 0.5) is 5.13 Å². The predicted molar refractivity (Wildman–Crippen MR) is 78.6 cm³/mol. The Kier molecular flexibility index (Phi) is 4.96. The Morgan fingerprint density at radius 1 is 1.28 bits per heavy atom. The Morgan fingerprint density at radius 3 is 2.94 bits per heavy atom. The molecule has 0 amide bonds. The Labute approximate surface area is 112 Å². The summed E-state index contributed by atoms with van der Waals surface area (Å²) in [6.45, 7) is 3.96. The number of fused-ring (bicyclic) bond motifs is 1. The summed E-state index contributed by atoms with van der Waals surface area (Å²) in [7, 11) is 1.75. The number of aromatic nitrogens is 1. The molecule has 1 heterocycles. The second-order valence-corrected chi connectivity index (χ2v) is 5.45. The topological polar surface area (TPSA) is 34.1 Å². The fourth-order valence-electron chi connectivity index (χ4n) is 1.91. The number of hydrogen-bond acceptors (Lipinski definition) is 4. The van der Waals surface area contributed by atoms with Crippen LogP contribution in [0, 0.1) is 6.92 Å². The number of benzene rings is 1. The van der Waals surface area contributed by atoms with Crippen LogP contribution in [-0.2, 0) is 4.74 Å². The number of para-hydroxylation sites is 1. The zero-order valence-corrected chi connectivity index (χ0v) is 11.8. The number of methoxy groups -OCH3 is 1. The number of ether oxygens (including phenoxy) is 1. The van der Waals surface area contributed by atoms with Crippen LogP contribution in [0.2, 0.25) is 0 Å². The highest BCUT2D eigenvalue weighted by Gasteiger charge is 2.04. The van der Waals surface area contributed by atoms with E-state index >= 15 is 0 Å². The normalized spacial score (nSPS) is 11.0. The highest BCUT2D eigenvalue weighted by atomic mass is 32.1. The Balaban J connectivity index is 1.83. The first-order chi connectivity index (χ1) is 8.81. The summed E-state index contributed by atoms with van der Waals surface area (Å²) >= 11 is 1.73. The van der Waals surface area contributed by atoms with Gasteiger partial charge in [0.2, 0.25) is 0 Å². The van der Waals surface area contributed by atoms with E-state index < -0.39 is 0 Å². The standard InChI is InChI=1S/C14H20N2OS/c1-11-7-6-8-12-13(11)16-14(18-12)15-9-4-3-5-10-17-2/h6-8H,3-5,9-10H2,1-2H3,(H,15,16). The number of nitrogens with zero attached hydrogens (tertiary/aromatic N) is 1. The Morgan fingerprint density at radius 2 is 2.17 bits per heavy atom. The summed E-state index contributed by atoms with van der Waals surface area (Å²) in [6.07, 6.45) is 3.50. The summed E-state index contributed by atoms with van der Waals surface area (Å²) in [5.41, 5.74) is 2.38. The zero-order valence-electron chi connectivity index (χ0n) is 11.0. The molecule has 1 aromatic heterocycles. The van der Waals surface area contributed by atoms with Crippen LogP contribution < -0.4 is 5.32 Å². The van der Waals surface area contributed by atoms with Gasteiger partial charge in [-0.1, -0.05) is 23.5 Å². The molecule has 3 nitrogen and oxygen atoms in total. The van der Waals surface area contributed by atoms with E-state index in [1.165, 1.54) is 16.7 Å². The fourth-order valence-corrected chi connectivity index (χ4v) is 2.87. The van der Waals surface area contributed by atoms with Crippen molar-refractivity contribution in [3.8, 4) is 0 Å². The van der Waals surface area contributed by atoms with Crippen LogP contribution in [0.25, 0.3) is 10.2 Å². The van der Waals surface area contributed by atoms with Crippen molar-refractivity contribution < 1.29 is 4.74 Å². The minimum atomic E-state index is 0.861. The molecular weight excluding hydrogens is 244 g/mol. The number of rotatable bonds is 7. The Hall–Kier alpha value is -1.13. The van der Waals surface area contributed by atoms with E-state index in [0.717, 1.165) is 36.6 Å². The molecule has 0 atom stereocenters. The lowest BCUT2D eigenvalue weighted by Crippen LogP contribution is -2.01. The molecule has 0 fully saturated rings. The molecule has 1 N–H and O–H groups in total. The van der Waals surface area contributed by atoms with Crippen molar-refractivity contribution in [3.63, 3.8) is 0 Å². The molecule has 98 valence electrons. The van der Waals surface area contributed by atoms with Gasteiger partial charge in [-0.15, -0.1) is 0 Å². The quantitative estimate of drug-likeness (QED) is 0.772. The highest BCUT2D eigenvalue weighted by Crippen LogP contribution is 2.27. The van der Waals surface area contributed by atoms with Gasteiger partial charge in [0.15, 0.2) is 5.13 Å². The van der Waals surface area contributed by atoms with Crippen molar-refractivity contribution in [1.29, 1.82) is 0 Å². The van der Waals surface area contributed by atoms with E-state index in [1.54, 1.807) is 18.4 Å². The minimum absolute atomic E-state index is 0.861. The summed E-state index contributed by atoms with van der Waals surface area (Å²) in [5.74, 6) is 0. The molecule has 0 aliphatic heterocycles. The first kappa shape index (κ1) is 13.3. The van der Waals surface area contributed by atoms with Crippen LogP contribution in [0.3, 0.4) is 0 Å². The van der Waals surface area contributed by atoms with Crippen LogP contribution in [0.1, 0.15) is 24.8 Å². The van der Waals surface area contributed by atoms with Gasteiger partial charge in [0.1, 0.15) is 0 Å². The van der Waals surface area contributed by atoms with Gasteiger partial charge in [0.05, 0.1) is 10.2 Å². The highest BCUT2D eigenvalue weighted by molar-refractivity contribution is 7.22. The van der Waals surface area contributed by atoms with Crippen LogP contribution in [0.15, 0.2) is 18.2 Å². The van der Waals surface area contributed by atoms with Crippen molar-refractivity contribution >= 4 is 26.7 Å². The van der Waals surface area contributed by atoms with E-state index in [4.69, 9.17) is 4.74 Å². The monoisotopic (exact) mass is 264 g/mol. The lowest BCUT2D eigenvalue weighted by atomic mass is 10.2. The van der Waals surface area contributed by atoms with E-state index in [1.807, 2.05) is 0 Å². The molecule has 0 unspecified atom stereocenters. The summed E-state index contributed by atoms with van der Waals surface area (Å²) in [5, 5.41) is 4.44. The fraction of sp³-hybridized carbons (Fsp3) is 0.500. The van der Waals surface area contributed by atoms with Gasteiger partial charge in [-0.25, -0.2) is 4.98 Å². The van der Waals surface area contributed by atoms with Crippen molar-refractivity contribution in [1.82, 2.24) is 4.98 Å². The largest absolute Gasteiger partial charge is 0.385 e. The number of hydrogen-bond donors (Lipinski definition) is 1. The zero-order chi connectivity index (χ0) is 12.8. The number of anilines is 1. The van der Waals surface area contributed by atoms with Gasteiger partial charge in [-0.05, 0) is 37.8 Å². The van der Waals surface area contributed by atoms with Gasteiger partial charge in [0, 0.05) is 20.3 Å². The third-order valence-electron chi connectivity index (χ3n) is 2.92. The maximum absolute atomic E-state index is 5.03. The third-order valence-corrected chi connectivity index (χ3v) is 3.90. The summed E-state index contributed by atoms with van der Waals surface area (Å²) in [6, 6.07) is 6.32. The van der Waals surface area contributed by atoms with Gasteiger partial charge in [-0.2, -0.15) is 0 Å². The van der Waals surface area contributed by atoms with Gasteiger partial charge in [-0.3, -0.25) is 0 Å². The third kappa shape index (κ3) is 3.43. The van der Waals surface area contributed by atoms with Gasteiger partial charge < -0.3 is 10.1 Å². The van der Waals surface area contributed by atoms with E-state index in [0.29, 0.717) is 0 Å². The molecule has 18 heavy (non-hydrogen) atoms. The molecule has 4 heteroatoms. The molecule has 0 spiro atoms. The second kappa shape index (κ2) is 6.71. The van der Waals surface area contributed by atoms with E-state index in [-0.39, 0.29) is 0 Å². The molecule has 2 rings (SSSR count). The van der Waals surface area contributed by atoms with Crippen molar-refractivity contribution in [2.75, 3.05) is 25.6 Å². The van der Waals surface area contributed by atoms with Crippen LogP contribution >= 0.6 is 11.3 Å². The van der Waals surface area contributed by atoms with Crippen LogP contribution in [-0.4, -0.2) is 25.2 Å². The number of unbranched alkanes of at least 4 members (excludes halogenated alkanes) is 2. The molecule has 0 radical (unpaired) electrons. The minimum Gasteiger partial charge on any atom is -0.385 e. The maximum atomic E-state index is 5.03. The Bertz CT molecular complexity index is 495. The molecular formula is C14H20N2OS. The SMILES string of the molecule is COCCCCCNc1nc2c(C)cccc2s1. The number of nitrogens with one attached hydrogen (secondary N) is 1. The maximum Gasteiger partial charge on any atom is 0.183 e. The second-order valence-electron chi connectivity index (χ2n) is 4.42. The number of thiazole rings is 1. The molecule has 2 aromatic rings. The number of aryl methyl sites for hydroxylation is 1. The van der Waals surface area contributed by atoms with Gasteiger partial charge in [0.25, 0.3) is 0 Å². The summed E-state index contributed by atoms with van der Waals surface area (Å²) < 4.78 is 6.29. The molecule has 0 aliphatic carbocycles. The lowest BCUT2D eigenvalue weighted by Gasteiger charge is -2.01. The molecule has 0 bridgehead atoms. The van der Waals surface area contributed by atoms with Crippen molar-refractivity contribution in [2.45, 2.75) is 26.2 Å². The molecule has 0 aliphatic rings. The average molecular weight is 264 g/mol. The molecule has 0 saturated carbocycles. The van der Waals surface area contributed by atoms with Crippen molar-refractivity contribution in [3.05, 3.63) is 23.8 Å². The molecule has 1 aromatic carbocycles. The predicted octanol–water partition coefficient (Wildman–Crippen LogP) is 3.83. The van der Waals surface area contributed by atoms with E-state index in [2.05, 4.69) is 35.4 Å².